The van der Waals surface area contributed by atoms with E-state index in [4.69, 9.17) is 14.2 Å². The summed E-state index contributed by atoms with van der Waals surface area (Å²) in [5, 5.41) is 2.24. The largest absolute Gasteiger partial charge is 0.463 e. The van der Waals surface area contributed by atoms with Crippen molar-refractivity contribution >= 4 is 24.7 Å². The number of carbonyl (C=O) groups excluding carboxylic acids is 1. The fourth-order valence-electron chi connectivity index (χ4n) is 2.70. The molecular weight excluding hydrogens is 320 g/mol. The molecule has 0 atom stereocenters. The van der Waals surface area contributed by atoms with Crippen LogP contribution in [0.4, 0.5) is 0 Å². The Morgan fingerprint density at radius 3 is 2.04 bits per heavy atom. The van der Waals surface area contributed by atoms with Gasteiger partial charge >= 0.3 is 14.3 Å². The first kappa shape index (κ1) is 18.1. The molecular formula is C19H22O4Si. The fourth-order valence-corrected chi connectivity index (χ4v) is 6.28. The Balaban J connectivity index is 2.29. The molecule has 126 valence electrons. The number of hydrogen-bond donors (Lipinski definition) is 0. The van der Waals surface area contributed by atoms with Crippen LogP contribution in [0.25, 0.3) is 0 Å². The van der Waals surface area contributed by atoms with Gasteiger partial charge in [-0.3, -0.25) is 9.46 Å². The molecule has 0 saturated carbocycles. The standard InChI is InChI=1S/C19H22O4Si/c1-3-19(20)22-15-10-16-24(23-21-2,17-11-6-4-7-12-17)18-13-8-5-9-14-18/h3-9,11-14H,1,10,15-16H2,2H3. The van der Waals surface area contributed by atoms with Crippen LogP contribution in [0.5, 0.6) is 0 Å². The van der Waals surface area contributed by atoms with E-state index in [9.17, 15) is 4.79 Å². The van der Waals surface area contributed by atoms with Gasteiger partial charge in [0.1, 0.15) is 0 Å². The van der Waals surface area contributed by atoms with Gasteiger partial charge in [0.15, 0.2) is 0 Å². The third-order valence-corrected chi connectivity index (χ3v) is 7.83. The molecule has 0 heterocycles. The molecule has 5 heteroatoms. The van der Waals surface area contributed by atoms with Gasteiger partial charge in [-0.05, 0) is 22.8 Å². The summed E-state index contributed by atoms with van der Waals surface area (Å²) in [5.41, 5.74) is 0. The number of hydrogen-bond acceptors (Lipinski definition) is 4. The van der Waals surface area contributed by atoms with Crippen molar-refractivity contribution in [1.29, 1.82) is 0 Å². The minimum absolute atomic E-state index is 0.326. The molecule has 0 aromatic heterocycles. The normalized spacial score (nSPS) is 11.0. The second-order valence-electron chi connectivity index (χ2n) is 5.28. The molecule has 4 nitrogen and oxygen atoms in total. The lowest BCUT2D eigenvalue weighted by atomic mass is 10.4. The number of esters is 1. The van der Waals surface area contributed by atoms with Crippen LogP contribution in [-0.4, -0.2) is 28.0 Å². The van der Waals surface area contributed by atoms with E-state index in [0.29, 0.717) is 13.0 Å². The van der Waals surface area contributed by atoms with Crippen molar-refractivity contribution in [2.45, 2.75) is 12.5 Å². The van der Waals surface area contributed by atoms with Gasteiger partial charge in [0.2, 0.25) is 0 Å². The van der Waals surface area contributed by atoms with Gasteiger partial charge in [-0.2, -0.15) is 0 Å². The van der Waals surface area contributed by atoms with E-state index in [1.807, 2.05) is 36.4 Å². The molecule has 2 rings (SSSR count). The summed E-state index contributed by atoms with van der Waals surface area (Å²) >= 11 is 0. The number of carbonyl (C=O) groups is 1. The second-order valence-corrected chi connectivity index (χ2v) is 8.76. The Bertz CT molecular complexity index is 603. The highest BCUT2D eigenvalue weighted by atomic mass is 28.4. The summed E-state index contributed by atoms with van der Waals surface area (Å²) in [6.07, 6.45) is 1.85. The number of ether oxygens (including phenoxy) is 1. The minimum Gasteiger partial charge on any atom is -0.463 e. The average Bonchev–Trinajstić information content (AvgIpc) is 2.65. The molecule has 2 aromatic rings. The quantitative estimate of drug-likeness (QED) is 0.175. The van der Waals surface area contributed by atoms with E-state index in [-0.39, 0.29) is 0 Å². The van der Waals surface area contributed by atoms with Gasteiger partial charge in [0, 0.05) is 6.08 Å². The van der Waals surface area contributed by atoms with Gasteiger partial charge in [-0.1, -0.05) is 67.2 Å². The third kappa shape index (κ3) is 4.41. The first-order valence-electron chi connectivity index (χ1n) is 7.85. The van der Waals surface area contributed by atoms with Gasteiger partial charge in [0.05, 0.1) is 13.7 Å². The van der Waals surface area contributed by atoms with Crippen LogP contribution >= 0.6 is 0 Å². The lowest BCUT2D eigenvalue weighted by molar-refractivity contribution is -0.187. The highest BCUT2D eigenvalue weighted by Crippen LogP contribution is 2.16. The highest BCUT2D eigenvalue weighted by Gasteiger charge is 2.41. The van der Waals surface area contributed by atoms with E-state index in [0.717, 1.165) is 16.4 Å². The van der Waals surface area contributed by atoms with Crippen molar-refractivity contribution in [2.24, 2.45) is 0 Å². The average molecular weight is 342 g/mol. The summed E-state index contributed by atoms with van der Waals surface area (Å²) in [6, 6.07) is 20.9. The van der Waals surface area contributed by atoms with Crippen LogP contribution < -0.4 is 10.4 Å². The smallest absolute Gasteiger partial charge is 0.330 e. The van der Waals surface area contributed by atoms with E-state index >= 15 is 0 Å². The predicted molar refractivity (Wildman–Crippen MR) is 96.6 cm³/mol. The summed E-state index contributed by atoms with van der Waals surface area (Å²) in [7, 11) is -1.04. The molecule has 0 aliphatic heterocycles. The van der Waals surface area contributed by atoms with E-state index in [2.05, 4.69) is 30.8 Å². The molecule has 0 unspecified atom stereocenters. The molecule has 2 aromatic carbocycles. The lowest BCUT2D eigenvalue weighted by Gasteiger charge is -2.30. The van der Waals surface area contributed by atoms with Crippen LogP contribution in [-0.2, 0) is 19.0 Å². The summed E-state index contributed by atoms with van der Waals surface area (Å²) < 4.78 is 11.0. The molecule has 0 N–H and O–H groups in total. The predicted octanol–water partition coefficient (Wildman–Crippen LogP) is 2.44. The van der Waals surface area contributed by atoms with Gasteiger partial charge in [0.25, 0.3) is 0 Å². The van der Waals surface area contributed by atoms with E-state index < -0.39 is 14.3 Å². The SMILES string of the molecule is C=CC(=O)OCCC[Si](OOC)(c1ccccc1)c1ccccc1. The highest BCUT2D eigenvalue weighted by molar-refractivity contribution is 6.97. The molecule has 0 fully saturated rings. The van der Waals surface area contributed by atoms with Crippen molar-refractivity contribution in [3.05, 3.63) is 73.3 Å². The van der Waals surface area contributed by atoms with Gasteiger partial charge in [-0.15, -0.1) is 0 Å². The van der Waals surface area contributed by atoms with Crippen LogP contribution in [0, 0.1) is 0 Å². The van der Waals surface area contributed by atoms with Crippen LogP contribution in [0.3, 0.4) is 0 Å². The number of rotatable bonds is 9. The molecule has 0 spiro atoms. The fraction of sp³-hybridized carbons (Fsp3) is 0.211. The molecule has 0 aliphatic rings. The van der Waals surface area contributed by atoms with E-state index in [1.54, 1.807) is 0 Å². The topological polar surface area (TPSA) is 44.8 Å². The zero-order valence-electron chi connectivity index (χ0n) is 13.8. The minimum atomic E-state index is -2.57. The maximum atomic E-state index is 11.2. The number of benzene rings is 2. The van der Waals surface area contributed by atoms with Gasteiger partial charge in [-0.25, -0.2) is 4.79 Å². The Morgan fingerprint density at radius 1 is 1.04 bits per heavy atom. The molecule has 0 bridgehead atoms. The monoisotopic (exact) mass is 342 g/mol. The van der Waals surface area contributed by atoms with Crippen LogP contribution in [0.15, 0.2) is 73.3 Å². The van der Waals surface area contributed by atoms with Crippen LogP contribution in [0.2, 0.25) is 6.04 Å². The maximum Gasteiger partial charge on any atom is 0.330 e. The maximum absolute atomic E-state index is 11.2. The third-order valence-electron chi connectivity index (χ3n) is 3.79. The summed E-state index contributed by atoms with van der Waals surface area (Å²) in [4.78, 5) is 16.4. The Labute approximate surface area is 143 Å². The first-order chi connectivity index (χ1) is 11.7. The second kappa shape index (κ2) is 9.17. The zero-order valence-corrected chi connectivity index (χ0v) is 14.8. The molecule has 0 aliphatic carbocycles. The van der Waals surface area contributed by atoms with Crippen molar-refractivity contribution in [2.75, 3.05) is 13.7 Å². The zero-order chi connectivity index (χ0) is 17.3. The van der Waals surface area contributed by atoms with E-state index in [1.165, 1.54) is 13.2 Å². The van der Waals surface area contributed by atoms with Crippen LogP contribution in [0.1, 0.15) is 6.42 Å². The Morgan fingerprint density at radius 2 is 1.58 bits per heavy atom. The van der Waals surface area contributed by atoms with Crippen molar-refractivity contribution in [3.63, 3.8) is 0 Å². The molecule has 0 amide bonds. The summed E-state index contributed by atoms with van der Waals surface area (Å²) in [5.74, 6) is -0.408. The van der Waals surface area contributed by atoms with Crippen molar-refractivity contribution < 1.29 is 19.0 Å². The van der Waals surface area contributed by atoms with Crippen molar-refractivity contribution in [3.8, 4) is 0 Å². The lowest BCUT2D eigenvalue weighted by Crippen LogP contribution is -2.60. The summed E-state index contributed by atoms with van der Waals surface area (Å²) in [6.45, 7) is 3.73. The van der Waals surface area contributed by atoms with Gasteiger partial charge < -0.3 is 4.74 Å². The Hall–Kier alpha value is -2.21. The Kier molecular flexibility index (Phi) is 6.93. The first-order valence-corrected chi connectivity index (χ1v) is 9.96. The van der Waals surface area contributed by atoms with Crippen molar-refractivity contribution in [1.82, 2.24) is 0 Å². The molecule has 24 heavy (non-hydrogen) atoms. The molecule has 0 saturated heterocycles. The molecule has 0 radical (unpaired) electrons.